The highest BCUT2D eigenvalue weighted by molar-refractivity contribution is 9.10. The van der Waals surface area contributed by atoms with E-state index in [1.165, 1.54) is 32.1 Å². The standard InChI is InChI=1S/C16H23BrFN/c1-3-12-6-4-5-7-16(12)19-11(2)14-9-8-13(17)10-15(14)18/h8-12,16,19H,3-7H2,1-2H3. The molecule has 3 atom stereocenters. The van der Waals surface area contributed by atoms with E-state index in [1.807, 2.05) is 12.1 Å². The van der Waals surface area contributed by atoms with E-state index in [-0.39, 0.29) is 11.9 Å². The first-order valence-electron chi connectivity index (χ1n) is 7.32. The lowest BCUT2D eigenvalue weighted by Crippen LogP contribution is -2.39. The first-order valence-corrected chi connectivity index (χ1v) is 8.12. The molecule has 0 spiro atoms. The molecular weight excluding hydrogens is 305 g/mol. The minimum absolute atomic E-state index is 0.0743. The molecule has 1 aromatic carbocycles. The van der Waals surface area contributed by atoms with Crippen LogP contribution in [0.15, 0.2) is 22.7 Å². The molecule has 1 N–H and O–H groups in total. The quantitative estimate of drug-likeness (QED) is 0.800. The molecule has 19 heavy (non-hydrogen) atoms. The predicted octanol–water partition coefficient (Wildman–Crippen LogP) is 5.21. The van der Waals surface area contributed by atoms with Crippen molar-refractivity contribution in [1.82, 2.24) is 5.32 Å². The fourth-order valence-electron chi connectivity index (χ4n) is 3.18. The maximum atomic E-state index is 14.0. The summed E-state index contributed by atoms with van der Waals surface area (Å²) in [7, 11) is 0. The Morgan fingerprint density at radius 2 is 2.11 bits per heavy atom. The van der Waals surface area contributed by atoms with E-state index in [2.05, 4.69) is 35.1 Å². The van der Waals surface area contributed by atoms with Crippen molar-refractivity contribution in [2.45, 2.75) is 58.0 Å². The van der Waals surface area contributed by atoms with Crippen LogP contribution in [-0.4, -0.2) is 6.04 Å². The van der Waals surface area contributed by atoms with E-state index in [0.717, 1.165) is 16.0 Å². The van der Waals surface area contributed by atoms with E-state index >= 15 is 0 Å². The van der Waals surface area contributed by atoms with Gasteiger partial charge < -0.3 is 5.32 Å². The van der Waals surface area contributed by atoms with Crippen LogP contribution in [0.5, 0.6) is 0 Å². The highest BCUT2D eigenvalue weighted by atomic mass is 79.9. The molecule has 0 amide bonds. The van der Waals surface area contributed by atoms with Crippen molar-refractivity contribution >= 4 is 15.9 Å². The van der Waals surface area contributed by atoms with Crippen molar-refractivity contribution in [3.63, 3.8) is 0 Å². The Bertz CT molecular complexity index is 421. The Morgan fingerprint density at radius 3 is 2.79 bits per heavy atom. The highest BCUT2D eigenvalue weighted by Crippen LogP contribution is 2.29. The van der Waals surface area contributed by atoms with Gasteiger partial charge in [-0.2, -0.15) is 0 Å². The largest absolute Gasteiger partial charge is 0.307 e. The summed E-state index contributed by atoms with van der Waals surface area (Å²) >= 11 is 3.30. The monoisotopic (exact) mass is 327 g/mol. The fraction of sp³-hybridized carbons (Fsp3) is 0.625. The van der Waals surface area contributed by atoms with E-state index < -0.39 is 0 Å². The van der Waals surface area contributed by atoms with E-state index in [9.17, 15) is 4.39 Å². The summed E-state index contributed by atoms with van der Waals surface area (Å²) < 4.78 is 14.8. The normalized spacial score (nSPS) is 25.3. The van der Waals surface area contributed by atoms with Crippen molar-refractivity contribution in [2.75, 3.05) is 0 Å². The first kappa shape index (κ1) is 15.0. The van der Waals surface area contributed by atoms with Crippen molar-refractivity contribution in [2.24, 2.45) is 5.92 Å². The average Bonchev–Trinajstić information content (AvgIpc) is 2.39. The van der Waals surface area contributed by atoms with Gasteiger partial charge in [0.1, 0.15) is 5.82 Å². The number of benzene rings is 1. The highest BCUT2D eigenvalue weighted by Gasteiger charge is 2.25. The molecule has 0 heterocycles. The van der Waals surface area contributed by atoms with Gasteiger partial charge in [-0.05, 0) is 37.8 Å². The number of halogens is 2. The second kappa shape index (κ2) is 6.85. The molecule has 3 heteroatoms. The second-order valence-corrected chi connectivity index (χ2v) is 6.53. The zero-order valence-electron chi connectivity index (χ0n) is 11.8. The topological polar surface area (TPSA) is 12.0 Å². The van der Waals surface area contributed by atoms with Gasteiger partial charge in [0.25, 0.3) is 0 Å². The zero-order chi connectivity index (χ0) is 13.8. The number of hydrogen-bond donors (Lipinski definition) is 1. The molecule has 1 saturated carbocycles. The maximum absolute atomic E-state index is 14.0. The molecule has 1 aliphatic rings. The predicted molar refractivity (Wildman–Crippen MR) is 81.7 cm³/mol. The van der Waals surface area contributed by atoms with Crippen LogP contribution in [0.2, 0.25) is 0 Å². The molecule has 0 radical (unpaired) electrons. The summed E-state index contributed by atoms with van der Waals surface area (Å²) in [5.74, 6) is 0.618. The smallest absolute Gasteiger partial charge is 0.129 e. The van der Waals surface area contributed by atoms with Gasteiger partial charge in [-0.25, -0.2) is 4.39 Å². The maximum Gasteiger partial charge on any atom is 0.129 e. The van der Waals surface area contributed by atoms with Gasteiger partial charge in [0, 0.05) is 22.1 Å². The Hall–Kier alpha value is -0.410. The summed E-state index contributed by atoms with van der Waals surface area (Å²) in [5, 5.41) is 3.64. The van der Waals surface area contributed by atoms with Gasteiger partial charge in [-0.1, -0.05) is 48.2 Å². The Balaban J connectivity index is 2.05. The third-order valence-corrected chi connectivity index (χ3v) is 4.82. The molecule has 1 aromatic rings. The zero-order valence-corrected chi connectivity index (χ0v) is 13.3. The van der Waals surface area contributed by atoms with Crippen molar-refractivity contribution in [3.8, 4) is 0 Å². The minimum Gasteiger partial charge on any atom is -0.307 e. The van der Waals surface area contributed by atoms with Crippen LogP contribution in [0.3, 0.4) is 0 Å². The third kappa shape index (κ3) is 3.79. The van der Waals surface area contributed by atoms with E-state index in [4.69, 9.17) is 0 Å². The van der Waals surface area contributed by atoms with Gasteiger partial charge >= 0.3 is 0 Å². The average molecular weight is 328 g/mol. The first-order chi connectivity index (χ1) is 9.11. The van der Waals surface area contributed by atoms with Crippen molar-refractivity contribution in [1.29, 1.82) is 0 Å². The number of rotatable bonds is 4. The van der Waals surface area contributed by atoms with Crippen LogP contribution in [0, 0.1) is 11.7 Å². The summed E-state index contributed by atoms with van der Waals surface area (Å²) in [6, 6.07) is 5.95. The molecule has 2 rings (SSSR count). The van der Waals surface area contributed by atoms with Crippen LogP contribution < -0.4 is 5.32 Å². The third-order valence-electron chi connectivity index (χ3n) is 4.33. The molecular formula is C16H23BrFN. The molecule has 3 unspecified atom stereocenters. The summed E-state index contributed by atoms with van der Waals surface area (Å²) in [6.45, 7) is 4.32. The van der Waals surface area contributed by atoms with Crippen LogP contribution in [0.1, 0.15) is 57.6 Å². The molecule has 106 valence electrons. The van der Waals surface area contributed by atoms with E-state index in [0.29, 0.717) is 6.04 Å². The molecule has 0 aliphatic heterocycles. The van der Waals surface area contributed by atoms with Gasteiger partial charge in [0.05, 0.1) is 0 Å². The van der Waals surface area contributed by atoms with Crippen LogP contribution >= 0.6 is 15.9 Å². The van der Waals surface area contributed by atoms with Crippen LogP contribution in [-0.2, 0) is 0 Å². The molecule has 0 saturated heterocycles. The minimum atomic E-state index is -0.127. The molecule has 1 fully saturated rings. The number of hydrogen-bond acceptors (Lipinski definition) is 1. The van der Waals surface area contributed by atoms with Crippen LogP contribution in [0.25, 0.3) is 0 Å². The van der Waals surface area contributed by atoms with E-state index in [1.54, 1.807) is 6.07 Å². The lowest BCUT2D eigenvalue weighted by Gasteiger charge is -2.34. The Morgan fingerprint density at radius 1 is 1.37 bits per heavy atom. The second-order valence-electron chi connectivity index (χ2n) is 5.61. The SMILES string of the molecule is CCC1CCCCC1NC(C)c1ccc(Br)cc1F. The van der Waals surface area contributed by atoms with Gasteiger partial charge in [0.2, 0.25) is 0 Å². The lowest BCUT2D eigenvalue weighted by atomic mass is 9.82. The summed E-state index contributed by atoms with van der Waals surface area (Å²) in [6.07, 6.45) is 6.39. The Kier molecular flexibility index (Phi) is 5.40. The molecule has 1 aliphatic carbocycles. The van der Waals surface area contributed by atoms with Gasteiger partial charge in [-0.3, -0.25) is 0 Å². The van der Waals surface area contributed by atoms with Crippen molar-refractivity contribution in [3.05, 3.63) is 34.1 Å². The fourth-order valence-corrected chi connectivity index (χ4v) is 3.51. The van der Waals surface area contributed by atoms with Crippen molar-refractivity contribution < 1.29 is 4.39 Å². The van der Waals surface area contributed by atoms with Gasteiger partial charge in [0.15, 0.2) is 0 Å². The summed E-state index contributed by atoms with van der Waals surface area (Å²) in [5.41, 5.74) is 0.767. The number of nitrogens with one attached hydrogen (secondary N) is 1. The molecule has 0 bridgehead atoms. The van der Waals surface area contributed by atoms with Gasteiger partial charge in [-0.15, -0.1) is 0 Å². The lowest BCUT2D eigenvalue weighted by molar-refractivity contribution is 0.239. The molecule has 1 nitrogen and oxygen atoms in total. The van der Waals surface area contributed by atoms with Crippen LogP contribution in [0.4, 0.5) is 4.39 Å². The Labute approximate surface area is 124 Å². The molecule has 0 aromatic heterocycles. The summed E-state index contributed by atoms with van der Waals surface area (Å²) in [4.78, 5) is 0.